The zero-order chi connectivity index (χ0) is 19.7. The van der Waals surface area contributed by atoms with Crippen molar-refractivity contribution in [2.24, 2.45) is 0 Å². The summed E-state index contributed by atoms with van der Waals surface area (Å²) < 4.78 is 30.6. The van der Waals surface area contributed by atoms with E-state index in [-0.39, 0.29) is 12.8 Å². The number of hydrogen-bond donors (Lipinski definition) is 2. The Balaban J connectivity index is 3.79. The van der Waals surface area contributed by atoms with Gasteiger partial charge in [0, 0.05) is 0 Å². The average Bonchev–Trinajstić information content (AvgIpc) is 2.56. The minimum atomic E-state index is -4.54. The molecule has 0 aromatic rings. The lowest BCUT2D eigenvalue weighted by Crippen LogP contribution is -2.29. The molecule has 5 nitrogen and oxygen atoms in total. The van der Waals surface area contributed by atoms with Crippen molar-refractivity contribution >= 4 is 16.1 Å². The minimum absolute atomic E-state index is 0.136. The van der Waals surface area contributed by atoms with Crippen LogP contribution in [0.3, 0.4) is 0 Å². The number of rotatable bonds is 15. The Bertz CT molecular complexity index is 585. The third-order valence-electron chi connectivity index (χ3n) is 3.69. The van der Waals surface area contributed by atoms with Crippen LogP contribution in [0.1, 0.15) is 64.7 Å². The molecule has 0 saturated carbocycles. The first kappa shape index (κ1) is 24.3. The van der Waals surface area contributed by atoms with Crippen molar-refractivity contribution in [2.45, 2.75) is 70.0 Å². The molecule has 0 heterocycles. The molecule has 0 rings (SSSR count). The summed E-state index contributed by atoms with van der Waals surface area (Å²) in [6.45, 7) is 2.20. The predicted molar refractivity (Wildman–Crippen MR) is 107 cm³/mol. The van der Waals surface area contributed by atoms with E-state index < -0.39 is 21.3 Å². The molecule has 0 bridgehead atoms. The Morgan fingerprint density at radius 3 is 1.73 bits per heavy atom. The number of aliphatic carboxylic acids is 1. The molecule has 0 aromatic carbocycles. The van der Waals surface area contributed by atoms with Gasteiger partial charge in [-0.1, -0.05) is 68.4 Å². The largest absolute Gasteiger partial charge is 0.480 e. The van der Waals surface area contributed by atoms with Crippen LogP contribution in [0.4, 0.5) is 0 Å². The first-order valence-electron chi connectivity index (χ1n) is 9.18. The second-order valence-corrected chi connectivity index (χ2v) is 7.61. The maximum atomic E-state index is 10.9. The summed E-state index contributed by atoms with van der Waals surface area (Å²) in [5.41, 5.74) is 0. The molecular formula is C20H32O5S. The van der Waals surface area contributed by atoms with Gasteiger partial charge in [-0.05, 0) is 44.9 Å². The van der Waals surface area contributed by atoms with Gasteiger partial charge in [-0.2, -0.15) is 8.42 Å². The lowest BCUT2D eigenvalue weighted by atomic mass is 10.2. The molecule has 0 amide bonds. The van der Waals surface area contributed by atoms with Crippen LogP contribution in [0.15, 0.2) is 48.6 Å². The molecule has 0 aromatic heterocycles. The van der Waals surface area contributed by atoms with Gasteiger partial charge in [0.25, 0.3) is 10.1 Å². The third kappa shape index (κ3) is 14.7. The Hall–Kier alpha value is -1.66. The molecule has 0 aliphatic rings. The number of allylic oxidation sites excluding steroid dienone is 8. The zero-order valence-electron chi connectivity index (χ0n) is 15.6. The van der Waals surface area contributed by atoms with E-state index in [1.165, 1.54) is 19.3 Å². The van der Waals surface area contributed by atoms with Crippen molar-refractivity contribution in [3.63, 3.8) is 0 Å². The summed E-state index contributed by atoms with van der Waals surface area (Å²) in [4.78, 5) is 10.8. The van der Waals surface area contributed by atoms with Crippen molar-refractivity contribution in [3.05, 3.63) is 48.6 Å². The van der Waals surface area contributed by atoms with Crippen molar-refractivity contribution in [2.75, 3.05) is 0 Å². The quantitative estimate of drug-likeness (QED) is 0.233. The molecule has 26 heavy (non-hydrogen) atoms. The molecule has 0 aliphatic heterocycles. The summed E-state index contributed by atoms with van der Waals surface area (Å²) in [7, 11) is -4.54. The number of unbranched alkanes of at least 4 members (excludes halogenated alkanes) is 3. The molecule has 1 atom stereocenters. The Kier molecular flexibility index (Phi) is 14.6. The van der Waals surface area contributed by atoms with Gasteiger partial charge < -0.3 is 5.11 Å². The lowest BCUT2D eigenvalue weighted by Gasteiger charge is -2.06. The van der Waals surface area contributed by atoms with Gasteiger partial charge in [-0.3, -0.25) is 9.35 Å². The fourth-order valence-corrected chi connectivity index (χ4v) is 2.90. The zero-order valence-corrected chi connectivity index (χ0v) is 16.4. The molecular weight excluding hydrogens is 352 g/mol. The van der Waals surface area contributed by atoms with Gasteiger partial charge >= 0.3 is 5.97 Å². The number of carboxylic acids is 1. The maximum Gasteiger partial charge on any atom is 0.324 e. The van der Waals surface area contributed by atoms with E-state index in [9.17, 15) is 13.2 Å². The number of carbonyl (C=O) groups is 1. The molecule has 0 saturated heterocycles. The summed E-state index contributed by atoms with van der Waals surface area (Å²) in [6.07, 6.45) is 23.9. The first-order chi connectivity index (χ1) is 12.4. The van der Waals surface area contributed by atoms with Crippen LogP contribution < -0.4 is 0 Å². The SMILES string of the molecule is CCCCC/C=C\C/C=C\C/C=C\C/C=C\CCC(C(=O)O)S(=O)(=O)O. The molecule has 0 aliphatic carbocycles. The van der Waals surface area contributed by atoms with E-state index in [1.54, 1.807) is 6.08 Å². The number of hydrogen-bond acceptors (Lipinski definition) is 3. The Labute approximate surface area is 157 Å². The maximum absolute atomic E-state index is 10.9. The van der Waals surface area contributed by atoms with Gasteiger partial charge in [0.15, 0.2) is 5.25 Å². The van der Waals surface area contributed by atoms with Crippen LogP contribution in [0, 0.1) is 0 Å². The Morgan fingerprint density at radius 2 is 1.31 bits per heavy atom. The molecule has 0 radical (unpaired) electrons. The van der Waals surface area contributed by atoms with Crippen LogP contribution in [0.2, 0.25) is 0 Å². The van der Waals surface area contributed by atoms with Crippen LogP contribution in [-0.2, 0) is 14.9 Å². The van der Waals surface area contributed by atoms with Gasteiger partial charge in [-0.15, -0.1) is 0 Å². The molecule has 1 unspecified atom stereocenters. The second kappa shape index (κ2) is 15.6. The van der Waals surface area contributed by atoms with Crippen LogP contribution in [0.5, 0.6) is 0 Å². The minimum Gasteiger partial charge on any atom is -0.480 e. The normalized spacial score (nSPS) is 14.2. The molecule has 2 N–H and O–H groups in total. The summed E-state index contributed by atoms with van der Waals surface area (Å²) in [6, 6.07) is 0. The monoisotopic (exact) mass is 384 g/mol. The molecule has 0 fully saturated rings. The molecule has 0 spiro atoms. The second-order valence-electron chi connectivity index (χ2n) is 6.01. The third-order valence-corrected chi connectivity index (χ3v) is 4.84. The summed E-state index contributed by atoms with van der Waals surface area (Å²) in [5, 5.41) is 6.99. The van der Waals surface area contributed by atoms with Crippen molar-refractivity contribution < 1.29 is 22.9 Å². The smallest absolute Gasteiger partial charge is 0.324 e. The lowest BCUT2D eigenvalue weighted by molar-refractivity contribution is -0.136. The predicted octanol–water partition coefficient (Wildman–Crippen LogP) is 5.08. The van der Waals surface area contributed by atoms with E-state index in [2.05, 4.69) is 31.2 Å². The van der Waals surface area contributed by atoms with Crippen LogP contribution in [0.25, 0.3) is 0 Å². The Morgan fingerprint density at radius 1 is 0.846 bits per heavy atom. The highest BCUT2D eigenvalue weighted by atomic mass is 32.2. The summed E-state index contributed by atoms with van der Waals surface area (Å²) >= 11 is 0. The highest BCUT2D eigenvalue weighted by Gasteiger charge is 2.29. The molecule has 6 heteroatoms. The first-order valence-corrected chi connectivity index (χ1v) is 10.7. The van der Waals surface area contributed by atoms with Crippen LogP contribution in [-0.4, -0.2) is 29.3 Å². The fourth-order valence-electron chi connectivity index (χ4n) is 2.21. The van der Waals surface area contributed by atoms with Crippen molar-refractivity contribution in [3.8, 4) is 0 Å². The van der Waals surface area contributed by atoms with Crippen molar-refractivity contribution in [1.82, 2.24) is 0 Å². The van der Waals surface area contributed by atoms with E-state index in [0.29, 0.717) is 6.42 Å². The van der Waals surface area contributed by atoms with Gasteiger partial charge in [-0.25, -0.2) is 0 Å². The topological polar surface area (TPSA) is 91.7 Å². The van der Waals surface area contributed by atoms with E-state index in [0.717, 1.165) is 19.3 Å². The van der Waals surface area contributed by atoms with Gasteiger partial charge in [0.1, 0.15) is 0 Å². The fraction of sp³-hybridized carbons (Fsp3) is 0.550. The highest BCUT2D eigenvalue weighted by Crippen LogP contribution is 2.08. The standard InChI is InChI=1S/C20H32O5S/c1-2-3-4-5-6-7-8-9-10-11-12-13-14-15-16-17-18-19(20(21)22)26(23,24)25/h6-7,9-10,12-13,15-16,19H,2-5,8,11,14,17-18H2,1H3,(H,21,22)(H,23,24,25)/b7-6-,10-9-,13-12-,16-15-. The highest BCUT2D eigenvalue weighted by molar-refractivity contribution is 7.87. The van der Waals surface area contributed by atoms with E-state index in [1.807, 2.05) is 18.2 Å². The van der Waals surface area contributed by atoms with Gasteiger partial charge in [0.2, 0.25) is 0 Å². The van der Waals surface area contributed by atoms with Crippen LogP contribution >= 0.6 is 0 Å². The van der Waals surface area contributed by atoms with E-state index in [4.69, 9.17) is 9.66 Å². The van der Waals surface area contributed by atoms with Gasteiger partial charge in [0.05, 0.1) is 0 Å². The average molecular weight is 385 g/mol. The molecule has 148 valence electrons. The number of carboxylic acid groups (broad SMARTS) is 1. The van der Waals surface area contributed by atoms with E-state index >= 15 is 0 Å². The van der Waals surface area contributed by atoms with Crippen molar-refractivity contribution in [1.29, 1.82) is 0 Å². The summed E-state index contributed by atoms with van der Waals surface area (Å²) in [5.74, 6) is -1.52.